The Morgan fingerprint density at radius 3 is 2.38 bits per heavy atom. The molecule has 0 saturated carbocycles. The number of carbonyl (C=O) groups is 2. The van der Waals surface area contributed by atoms with Crippen molar-refractivity contribution < 1.29 is 14.7 Å². The minimum absolute atomic E-state index is 0.127. The maximum absolute atomic E-state index is 11.5. The first-order chi connectivity index (χ1) is 7.49. The number of rotatable bonds is 3. The third-order valence-corrected chi connectivity index (χ3v) is 2.05. The van der Waals surface area contributed by atoms with Gasteiger partial charge in [-0.1, -0.05) is 11.6 Å². The average Bonchev–Trinajstić information content (AvgIpc) is 2.20. The molecule has 0 aromatic heterocycles. The number of nitrogens with one attached hydrogen (secondary N) is 1. The fourth-order valence-electron chi connectivity index (χ4n) is 1.01. The molecule has 16 heavy (non-hydrogen) atoms. The smallest absolute Gasteiger partial charge is 0.328 e. The van der Waals surface area contributed by atoms with E-state index >= 15 is 0 Å². The van der Waals surface area contributed by atoms with Crippen LogP contribution in [0.5, 0.6) is 0 Å². The molecule has 0 aliphatic rings. The molecular formula is C11H10ClNO3. The van der Waals surface area contributed by atoms with Gasteiger partial charge in [0.1, 0.15) is 0 Å². The molecule has 0 atom stereocenters. The van der Waals surface area contributed by atoms with Crippen molar-refractivity contribution in [3.8, 4) is 0 Å². The Balaban J connectivity index is 2.71. The number of carboxylic acids is 1. The highest BCUT2D eigenvalue weighted by atomic mass is 35.5. The quantitative estimate of drug-likeness (QED) is 0.796. The van der Waals surface area contributed by atoms with Gasteiger partial charge >= 0.3 is 5.97 Å². The van der Waals surface area contributed by atoms with Gasteiger partial charge in [0, 0.05) is 22.4 Å². The summed E-state index contributed by atoms with van der Waals surface area (Å²) in [5.74, 6) is -1.60. The van der Waals surface area contributed by atoms with Crippen LogP contribution in [-0.4, -0.2) is 17.0 Å². The normalized spacial score (nSPS) is 11.0. The van der Waals surface area contributed by atoms with E-state index in [0.29, 0.717) is 10.7 Å². The molecule has 1 aromatic rings. The van der Waals surface area contributed by atoms with Crippen molar-refractivity contribution in [3.63, 3.8) is 0 Å². The minimum atomic E-state index is -1.15. The first kappa shape index (κ1) is 12.3. The highest BCUT2D eigenvalue weighted by Crippen LogP contribution is 2.14. The molecule has 2 N–H and O–H groups in total. The lowest BCUT2D eigenvalue weighted by molar-refractivity contribution is -0.131. The van der Waals surface area contributed by atoms with Crippen LogP contribution >= 0.6 is 11.6 Å². The Morgan fingerprint density at radius 1 is 1.31 bits per heavy atom. The fraction of sp³-hybridized carbons (Fsp3) is 0.0909. The summed E-state index contributed by atoms with van der Waals surface area (Å²) < 4.78 is 0. The lowest BCUT2D eigenvalue weighted by Gasteiger charge is -2.04. The minimum Gasteiger partial charge on any atom is -0.478 e. The Morgan fingerprint density at radius 2 is 1.88 bits per heavy atom. The predicted molar refractivity (Wildman–Crippen MR) is 61.5 cm³/mol. The standard InChI is InChI=1S/C11H10ClNO3/c1-7(6-10(14)15)11(16)13-9-4-2-8(12)3-5-9/h2-6H,1H3,(H,13,16)(H,14,15). The number of halogens is 1. The van der Waals surface area contributed by atoms with E-state index in [1.165, 1.54) is 6.92 Å². The molecule has 0 bridgehead atoms. The summed E-state index contributed by atoms with van der Waals surface area (Å²) >= 11 is 5.68. The number of carbonyl (C=O) groups excluding carboxylic acids is 1. The van der Waals surface area contributed by atoms with Gasteiger partial charge in [-0.3, -0.25) is 4.79 Å². The number of aliphatic carboxylic acids is 1. The van der Waals surface area contributed by atoms with Crippen LogP contribution in [0.2, 0.25) is 5.02 Å². The Kier molecular flexibility index (Phi) is 4.08. The van der Waals surface area contributed by atoms with Crippen LogP contribution in [0.4, 0.5) is 5.69 Å². The molecule has 0 aliphatic heterocycles. The third-order valence-electron chi connectivity index (χ3n) is 1.80. The van der Waals surface area contributed by atoms with Gasteiger partial charge in [0.25, 0.3) is 5.91 Å². The van der Waals surface area contributed by atoms with E-state index in [9.17, 15) is 9.59 Å². The zero-order chi connectivity index (χ0) is 12.1. The van der Waals surface area contributed by atoms with Crippen LogP contribution in [0, 0.1) is 0 Å². The maximum Gasteiger partial charge on any atom is 0.328 e. The van der Waals surface area contributed by atoms with E-state index in [0.717, 1.165) is 6.08 Å². The molecule has 5 heteroatoms. The van der Waals surface area contributed by atoms with Crippen LogP contribution in [0.1, 0.15) is 6.92 Å². The molecule has 1 rings (SSSR count). The van der Waals surface area contributed by atoms with Gasteiger partial charge in [-0.05, 0) is 31.2 Å². The van der Waals surface area contributed by atoms with Crippen LogP contribution in [-0.2, 0) is 9.59 Å². The Labute approximate surface area is 97.5 Å². The summed E-state index contributed by atoms with van der Waals surface area (Å²) in [7, 11) is 0. The van der Waals surface area contributed by atoms with Crippen molar-refractivity contribution in [1.82, 2.24) is 0 Å². The molecule has 0 aliphatic carbocycles. The summed E-state index contributed by atoms with van der Waals surface area (Å²) in [5, 5.41) is 11.6. The molecule has 1 amide bonds. The van der Waals surface area contributed by atoms with Gasteiger partial charge in [-0.15, -0.1) is 0 Å². The van der Waals surface area contributed by atoms with Crippen molar-refractivity contribution in [3.05, 3.63) is 40.9 Å². The van der Waals surface area contributed by atoms with E-state index in [2.05, 4.69) is 5.32 Å². The van der Waals surface area contributed by atoms with Crippen LogP contribution < -0.4 is 5.32 Å². The molecule has 0 radical (unpaired) electrons. The van der Waals surface area contributed by atoms with Crippen molar-refractivity contribution in [2.45, 2.75) is 6.92 Å². The topological polar surface area (TPSA) is 66.4 Å². The van der Waals surface area contributed by atoms with Gasteiger partial charge in [-0.2, -0.15) is 0 Å². The average molecular weight is 240 g/mol. The Hall–Kier alpha value is -1.81. The fourth-order valence-corrected chi connectivity index (χ4v) is 1.14. The second-order valence-corrected chi connectivity index (χ2v) is 3.56. The molecule has 0 unspecified atom stereocenters. The largest absolute Gasteiger partial charge is 0.478 e. The Bertz CT molecular complexity index is 437. The van der Waals surface area contributed by atoms with E-state index in [1.54, 1.807) is 24.3 Å². The number of hydrogen-bond acceptors (Lipinski definition) is 2. The zero-order valence-electron chi connectivity index (χ0n) is 8.53. The van der Waals surface area contributed by atoms with Gasteiger partial charge in [0.05, 0.1) is 0 Å². The maximum atomic E-state index is 11.5. The molecule has 0 saturated heterocycles. The highest BCUT2D eigenvalue weighted by molar-refractivity contribution is 6.30. The second kappa shape index (κ2) is 5.32. The van der Waals surface area contributed by atoms with Gasteiger partial charge < -0.3 is 10.4 Å². The molecule has 4 nitrogen and oxygen atoms in total. The predicted octanol–water partition coefficient (Wildman–Crippen LogP) is 2.31. The van der Waals surface area contributed by atoms with Gasteiger partial charge in [0.15, 0.2) is 0 Å². The molecule has 0 spiro atoms. The van der Waals surface area contributed by atoms with E-state index < -0.39 is 11.9 Å². The van der Waals surface area contributed by atoms with Gasteiger partial charge in [-0.25, -0.2) is 4.79 Å². The summed E-state index contributed by atoms with van der Waals surface area (Å²) in [6.45, 7) is 1.43. The van der Waals surface area contributed by atoms with Crippen molar-refractivity contribution in [1.29, 1.82) is 0 Å². The van der Waals surface area contributed by atoms with Crippen molar-refractivity contribution >= 4 is 29.2 Å². The van der Waals surface area contributed by atoms with E-state index in [1.807, 2.05) is 0 Å². The third kappa shape index (κ3) is 3.74. The molecule has 84 valence electrons. The number of anilines is 1. The van der Waals surface area contributed by atoms with Crippen LogP contribution in [0.3, 0.4) is 0 Å². The van der Waals surface area contributed by atoms with Gasteiger partial charge in [0.2, 0.25) is 0 Å². The highest BCUT2D eigenvalue weighted by Gasteiger charge is 2.06. The van der Waals surface area contributed by atoms with Crippen molar-refractivity contribution in [2.24, 2.45) is 0 Å². The van der Waals surface area contributed by atoms with Crippen LogP contribution in [0.25, 0.3) is 0 Å². The zero-order valence-corrected chi connectivity index (χ0v) is 9.28. The molecule has 0 heterocycles. The second-order valence-electron chi connectivity index (χ2n) is 3.13. The SMILES string of the molecule is CC(=CC(=O)O)C(=O)Nc1ccc(Cl)cc1. The number of amides is 1. The summed E-state index contributed by atoms with van der Waals surface area (Å²) in [5.41, 5.74) is 0.690. The van der Waals surface area contributed by atoms with Crippen molar-refractivity contribution in [2.75, 3.05) is 5.32 Å². The first-order valence-corrected chi connectivity index (χ1v) is 4.85. The number of hydrogen-bond donors (Lipinski definition) is 2. The number of carboxylic acid groups (broad SMARTS) is 1. The molecule has 1 aromatic carbocycles. The number of benzene rings is 1. The summed E-state index contributed by atoms with van der Waals surface area (Å²) in [6.07, 6.45) is 0.852. The van der Waals surface area contributed by atoms with E-state index in [4.69, 9.17) is 16.7 Å². The lowest BCUT2D eigenvalue weighted by atomic mass is 10.2. The monoisotopic (exact) mass is 239 g/mol. The van der Waals surface area contributed by atoms with Crippen LogP contribution in [0.15, 0.2) is 35.9 Å². The summed E-state index contributed by atoms with van der Waals surface area (Å²) in [4.78, 5) is 21.8. The molecule has 0 fully saturated rings. The molecular weight excluding hydrogens is 230 g/mol. The summed E-state index contributed by atoms with van der Waals surface area (Å²) in [6, 6.07) is 6.53. The lowest BCUT2D eigenvalue weighted by Crippen LogP contribution is -2.13. The first-order valence-electron chi connectivity index (χ1n) is 4.47. The van der Waals surface area contributed by atoms with E-state index in [-0.39, 0.29) is 5.57 Å².